The molecule has 2 fully saturated rings. The van der Waals surface area contributed by atoms with E-state index in [-0.39, 0.29) is 24.3 Å². The Morgan fingerprint density at radius 2 is 1.85 bits per heavy atom. The lowest BCUT2D eigenvalue weighted by Gasteiger charge is -2.47. The van der Waals surface area contributed by atoms with Gasteiger partial charge in [0.15, 0.2) is 11.6 Å². The number of phenols is 1. The summed E-state index contributed by atoms with van der Waals surface area (Å²) in [5.74, 6) is -4.25. The average Bonchev–Trinajstić information content (AvgIpc) is 3.70. The fraction of sp³-hybridized carbons (Fsp3) is 0.303. The second-order valence-corrected chi connectivity index (χ2v) is 14.1. The first kappa shape index (κ1) is 29.6. The lowest BCUT2D eigenvalue weighted by Crippen LogP contribution is -2.49. The second-order valence-electron chi connectivity index (χ2n) is 12.6. The Kier molecular flexibility index (Phi) is 6.23. The van der Waals surface area contributed by atoms with Crippen LogP contribution in [0.4, 0.5) is 10.2 Å². The molecule has 0 radical (unpaired) electrons. The number of rotatable bonds is 3. The third-order valence-electron chi connectivity index (χ3n) is 10.3. The van der Waals surface area contributed by atoms with E-state index in [2.05, 4.69) is 0 Å². The maximum Gasteiger partial charge on any atom is 0.347 e. The van der Waals surface area contributed by atoms with Gasteiger partial charge < -0.3 is 5.11 Å². The number of benzene rings is 2. The van der Waals surface area contributed by atoms with Crippen molar-refractivity contribution in [3.8, 4) is 16.3 Å². The quantitative estimate of drug-likeness (QED) is 0.220. The molecule has 2 amide bonds. The van der Waals surface area contributed by atoms with Gasteiger partial charge in [-0.3, -0.25) is 14.3 Å². The summed E-state index contributed by atoms with van der Waals surface area (Å²) in [5.41, 5.74) is -0.323. The van der Waals surface area contributed by atoms with Crippen molar-refractivity contribution >= 4 is 50.7 Å². The van der Waals surface area contributed by atoms with Crippen LogP contribution >= 0.6 is 22.9 Å². The molecule has 8 rings (SSSR count). The number of aryl methyl sites for hydroxylation is 2. The minimum absolute atomic E-state index is 0.0325. The summed E-state index contributed by atoms with van der Waals surface area (Å²) in [6, 6.07) is 10.6. The molecule has 1 N–H and O–H groups in total. The topological polar surface area (TPSA) is 124 Å². The van der Waals surface area contributed by atoms with E-state index in [1.807, 2.05) is 25.1 Å². The molecule has 1 aliphatic carbocycles. The normalized spacial score (nSPS) is 23.7. The number of para-hydroxylation sites is 1. The predicted octanol–water partition coefficient (Wildman–Crippen LogP) is 4.63. The Balaban J connectivity index is 1.29. The first-order valence-corrected chi connectivity index (χ1v) is 16.2. The summed E-state index contributed by atoms with van der Waals surface area (Å²) < 4.78 is 21.0. The van der Waals surface area contributed by atoms with Crippen molar-refractivity contribution in [2.24, 2.45) is 25.4 Å². The van der Waals surface area contributed by atoms with Crippen molar-refractivity contribution in [1.29, 1.82) is 0 Å². The molecule has 4 atom stereocenters. The van der Waals surface area contributed by atoms with Gasteiger partial charge in [0.2, 0.25) is 11.8 Å². The fourth-order valence-corrected chi connectivity index (χ4v) is 9.25. The van der Waals surface area contributed by atoms with Crippen molar-refractivity contribution < 1.29 is 19.1 Å². The Labute approximate surface area is 275 Å². The van der Waals surface area contributed by atoms with Gasteiger partial charge in [0.1, 0.15) is 11.5 Å². The number of halogens is 2. The lowest BCUT2D eigenvalue weighted by atomic mass is 9.56. The van der Waals surface area contributed by atoms with E-state index in [0.29, 0.717) is 16.3 Å². The molecule has 1 saturated heterocycles. The number of carbonyl (C=O) groups excluding carboxylic acids is 2. The number of hydrogen-bond donors (Lipinski definition) is 1. The molecule has 11 nitrogen and oxygen atoms in total. The summed E-state index contributed by atoms with van der Waals surface area (Å²) in [5, 5.41) is 17.3. The molecule has 0 spiro atoms. The molecule has 0 bridgehead atoms. The molecule has 0 unspecified atom stereocenters. The summed E-state index contributed by atoms with van der Waals surface area (Å²) in [6.07, 6.45) is 1.79. The van der Waals surface area contributed by atoms with Crippen LogP contribution in [0.1, 0.15) is 36.4 Å². The number of hydrogen-bond acceptors (Lipinski definition) is 7. The number of carbonyl (C=O) groups is 2. The first-order chi connectivity index (χ1) is 22.3. The number of imide groups is 1. The molecular formula is C33H28ClFN6O5S. The molecule has 2 aliphatic heterocycles. The number of amides is 2. The van der Waals surface area contributed by atoms with Crippen LogP contribution in [0.2, 0.25) is 5.02 Å². The summed E-state index contributed by atoms with van der Waals surface area (Å²) in [4.78, 5) is 57.5. The number of thiophene rings is 1. The minimum atomic E-state index is -1.47. The average molecular weight is 675 g/mol. The van der Waals surface area contributed by atoms with E-state index in [4.69, 9.17) is 16.7 Å². The van der Waals surface area contributed by atoms with Gasteiger partial charge in [-0.05, 0) is 61.1 Å². The standard InChI is InChI=1S/C33H28ClFN6O5S/c1-15-19-12-16(34)8-9-24(19)47-28(15)22-14-25(38(4)36-22)40-29(43)20-13-23-17(10-11-39-31(45)37(3)32(46)41(23)39)26(33(20,2)30(40)44)18-6-5-7-21(35)27(18)42/h5-10,12,14,20,23,26,42H,11,13H2,1-4H3/t20-,23+,26+,33+/m0/s1. The zero-order valence-corrected chi connectivity index (χ0v) is 27.3. The van der Waals surface area contributed by atoms with Crippen molar-refractivity contribution in [3.63, 3.8) is 0 Å². The van der Waals surface area contributed by atoms with Crippen molar-refractivity contribution in [1.82, 2.24) is 23.7 Å². The third kappa shape index (κ3) is 3.80. The lowest BCUT2D eigenvalue weighted by molar-refractivity contribution is -0.129. The predicted molar refractivity (Wildman–Crippen MR) is 174 cm³/mol. The highest BCUT2D eigenvalue weighted by molar-refractivity contribution is 7.22. The molecule has 3 aliphatic rings. The van der Waals surface area contributed by atoms with Crippen molar-refractivity contribution in [3.05, 3.63) is 97.0 Å². The van der Waals surface area contributed by atoms with Gasteiger partial charge in [0, 0.05) is 41.4 Å². The molecule has 5 heterocycles. The largest absolute Gasteiger partial charge is 0.505 e. The van der Waals surface area contributed by atoms with Crippen LogP contribution in [0, 0.1) is 24.1 Å². The smallest absolute Gasteiger partial charge is 0.347 e. The van der Waals surface area contributed by atoms with Crippen LogP contribution in [-0.2, 0) is 30.2 Å². The number of nitrogens with zero attached hydrogens (tertiary/aromatic N) is 6. The van der Waals surface area contributed by atoms with Crippen LogP contribution in [0.5, 0.6) is 5.75 Å². The van der Waals surface area contributed by atoms with Gasteiger partial charge >= 0.3 is 11.4 Å². The van der Waals surface area contributed by atoms with Gasteiger partial charge in [0.05, 0.1) is 28.8 Å². The maximum absolute atomic E-state index is 14.9. The number of phenolic OH excluding ortho intramolecular Hbond substituents is 1. The molecule has 5 aromatic rings. The van der Waals surface area contributed by atoms with E-state index in [9.17, 15) is 28.7 Å². The van der Waals surface area contributed by atoms with Gasteiger partial charge in [-0.2, -0.15) is 5.10 Å². The van der Waals surface area contributed by atoms with Gasteiger partial charge in [-0.25, -0.2) is 32.8 Å². The molecule has 2 aromatic carbocycles. The van der Waals surface area contributed by atoms with Crippen LogP contribution < -0.4 is 16.3 Å². The Morgan fingerprint density at radius 3 is 2.62 bits per heavy atom. The van der Waals surface area contributed by atoms with Gasteiger partial charge in [-0.15, -0.1) is 11.3 Å². The Bertz CT molecular complexity index is 2380. The van der Waals surface area contributed by atoms with Gasteiger partial charge in [0.25, 0.3) is 0 Å². The van der Waals surface area contributed by atoms with E-state index >= 15 is 0 Å². The number of aromatic nitrogens is 5. The second kappa shape index (κ2) is 9.88. The zero-order valence-electron chi connectivity index (χ0n) is 25.7. The highest BCUT2D eigenvalue weighted by Gasteiger charge is 2.66. The molecule has 14 heteroatoms. The number of aromatic hydroxyl groups is 1. The fourth-order valence-electron chi connectivity index (χ4n) is 7.93. The SMILES string of the molecule is Cc1c(-c2cc(N3C(=O)[C@@H]4C[C@@H]5C(=CCn6c(=O)n(C)c(=O)n65)[C@H](c5cccc(F)c5O)[C@]4(C)C3=O)n(C)n2)sc2ccc(Cl)cc12. The number of fused-ring (bicyclic) bond motifs is 5. The van der Waals surface area contributed by atoms with Crippen LogP contribution in [0.3, 0.4) is 0 Å². The molecule has 240 valence electrons. The van der Waals surface area contributed by atoms with Gasteiger partial charge in [-0.1, -0.05) is 29.8 Å². The molecular weight excluding hydrogens is 647 g/mol. The van der Waals surface area contributed by atoms with Crippen molar-refractivity contribution in [2.45, 2.75) is 38.8 Å². The van der Waals surface area contributed by atoms with Crippen LogP contribution in [-0.4, -0.2) is 40.6 Å². The van der Waals surface area contributed by atoms with E-state index in [1.54, 1.807) is 26.1 Å². The van der Waals surface area contributed by atoms with Crippen molar-refractivity contribution in [2.75, 3.05) is 4.90 Å². The summed E-state index contributed by atoms with van der Waals surface area (Å²) in [6.45, 7) is 3.67. The van der Waals surface area contributed by atoms with E-state index in [1.165, 1.54) is 44.6 Å². The molecule has 3 aromatic heterocycles. The number of allylic oxidation sites excluding steroid dienone is 2. The van der Waals surface area contributed by atoms with E-state index < -0.39 is 58.1 Å². The highest BCUT2D eigenvalue weighted by atomic mass is 35.5. The maximum atomic E-state index is 14.9. The highest BCUT2D eigenvalue weighted by Crippen LogP contribution is 2.62. The van der Waals surface area contributed by atoms with Crippen LogP contribution in [0.15, 0.2) is 63.7 Å². The number of anilines is 1. The molecule has 1 saturated carbocycles. The summed E-state index contributed by atoms with van der Waals surface area (Å²) in [7, 11) is 3.04. The Hall–Kier alpha value is -4.75. The van der Waals surface area contributed by atoms with Crippen LogP contribution in [0.25, 0.3) is 20.7 Å². The minimum Gasteiger partial charge on any atom is -0.505 e. The monoisotopic (exact) mass is 674 g/mol. The third-order valence-corrected chi connectivity index (χ3v) is 11.8. The zero-order chi connectivity index (χ0) is 33.3. The first-order valence-electron chi connectivity index (χ1n) is 15.0. The molecule has 47 heavy (non-hydrogen) atoms. The summed E-state index contributed by atoms with van der Waals surface area (Å²) >= 11 is 7.79. The Morgan fingerprint density at radius 1 is 1.09 bits per heavy atom. The van der Waals surface area contributed by atoms with E-state index in [0.717, 1.165) is 36.1 Å².